The Bertz CT molecular complexity index is 560. The first-order valence-electron chi connectivity index (χ1n) is 7.10. The first kappa shape index (κ1) is 15.4. The quantitative estimate of drug-likeness (QED) is 0.878. The van der Waals surface area contributed by atoms with E-state index in [1.807, 2.05) is 26.8 Å². The Hall–Kier alpha value is -2.04. The molecule has 0 radical (unpaired) electrons. The molecule has 0 spiro atoms. The second kappa shape index (κ2) is 5.76. The third kappa shape index (κ3) is 3.97. The maximum Gasteiger partial charge on any atom is 0.407 e. The standard InChI is InChI=1S/C16H21NO4/c1-16(2,3)21-15(20)17-11-7-8-12-10(9-11)5-4-6-13(12)14(18)19/h4-6,11H,7-9H2,1-3H3,(H,17,20)(H,18,19)/t11-/m1/s1. The summed E-state index contributed by atoms with van der Waals surface area (Å²) in [5.41, 5.74) is 1.71. The van der Waals surface area contributed by atoms with Gasteiger partial charge in [0, 0.05) is 6.04 Å². The van der Waals surface area contributed by atoms with Gasteiger partial charge in [-0.2, -0.15) is 0 Å². The predicted octanol–water partition coefficient (Wildman–Crippen LogP) is 2.77. The lowest BCUT2D eigenvalue weighted by Crippen LogP contribution is -2.42. The molecule has 0 aromatic heterocycles. The average molecular weight is 291 g/mol. The molecule has 21 heavy (non-hydrogen) atoms. The highest BCUT2D eigenvalue weighted by atomic mass is 16.6. The van der Waals surface area contributed by atoms with E-state index < -0.39 is 17.7 Å². The molecule has 1 aromatic rings. The Kier molecular flexibility index (Phi) is 4.21. The lowest BCUT2D eigenvalue weighted by molar-refractivity contribution is 0.0499. The molecule has 5 nitrogen and oxygen atoms in total. The number of alkyl carbamates (subject to hydrolysis) is 1. The molecule has 0 aliphatic heterocycles. The molecule has 2 rings (SSSR count). The second-order valence-electron chi connectivity index (χ2n) is 6.33. The summed E-state index contributed by atoms with van der Waals surface area (Å²) in [5.74, 6) is -0.898. The van der Waals surface area contributed by atoms with Gasteiger partial charge < -0.3 is 15.2 Å². The molecule has 2 N–H and O–H groups in total. The van der Waals surface area contributed by atoms with E-state index in [2.05, 4.69) is 5.32 Å². The fraction of sp³-hybridized carbons (Fsp3) is 0.500. The van der Waals surface area contributed by atoms with Crippen LogP contribution in [0, 0.1) is 0 Å². The molecule has 1 aromatic carbocycles. The number of rotatable bonds is 2. The number of carboxylic acid groups (broad SMARTS) is 1. The van der Waals surface area contributed by atoms with Crippen LogP contribution >= 0.6 is 0 Å². The van der Waals surface area contributed by atoms with Gasteiger partial charge in [0.05, 0.1) is 5.56 Å². The zero-order valence-corrected chi connectivity index (χ0v) is 12.6. The molecule has 1 aliphatic carbocycles. The maximum atomic E-state index is 11.8. The Morgan fingerprint density at radius 2 is 2.05 bits per heavy atom. The van der Waals surface area contributed by atoms with Crippen molar-refractivity contribution in [3.63, 3.8) is 0 Å². The number of fused-ring (bicyclic) bond motifs is 1. The number of carboxylic acids is 1. The topological polar surface area (TPSA) is 75.6 Å². The summed E-state index contributed by atoms with van der Waals surface area (Å²) in [4.78, 5) is 23.0. The van der Waals surface area contributed by atoms with Crippen LogP contribution in [0.15, 0.2) is 18.2 Å². The van der Waals surface area contributed by atoms with Crippen molar-refractivity contribution in [3.05, 3.63) is 34.9 Å². The van der Waals surface area contributed by atoms with Crippen molar-refractivity contribution >= 4 is 12.1 Å². The molecule has 1 aliphatic rings. The van der Waals surface area contributed by atoms with Crippen molar-refractivity contribution in [2.75, 3.05) is 0 Å². The summed E-state index contributed by atoms with van der Waals surface area (Å²) < 4.78 is 5.25. The minimum atomic E-state index is -0.898. The number of carbonyl (C=O) groups is 2. The molecule has 0 unspecified atom stereocenters. The van der Waals surface area contributed by atoms with Crippen molar-refractivity contribution in [2.45, 2.75) is 51.7 Å². The van der Waals surface area contributed by atoms with Crippen LogP contribution in [-0.2, 0) is 17.6 Å². The molecule has 114 valence electrons. The lowest BCUT2D eigenvalue weighted by Gasteiger charge is -2.28. The fourth-order valence-corrected chi connectivity index (χ4v) is 2.60. The van der Waals surface area contributed by atoms with Crippen molar-refractivity contribution in [3.8, 4) is 0 Å². The largest absolute Gasteiger partial charge is 0.478 e. The van der Waals surface area contributed by atoms with Crippen molar-refractivity contribution in [1.29, 1.82) is 0 Å². The lowest BCUT2D eigenvalue weighted by atomic mass is 9.85. The summed E-state index contributed by atoms with van der Waals surface area (Å²) in [5, 5.41) is 12.0. The van der Waals surface area contributed by atoms with Crippen LogP contribution in [-0.4, -0.2) is 28.8 Å². The molecule has 0 bridgehead atoms. The van der Waals surface area contributed by atoms with Gasteiger partial charge in [0.2, 0.25) is 0 Å². The number of hydrogen-bond donors (Lipinski definition) is 2. The summed E-state index contributed by atoms with van der Waals surface area (Å²) in [6.07, 6.45) is 1.58. The van der Waals surface area contributed by atoms with Crippen LogP contribution in [0.1, 0.15) is 48.7 Å². The van der Waals surface area contributed by atoms with Crippen molar-refractivity contribution in [1.82, 2.24) is 5.32 Å². The SMILES string of the molecule is CC(C)(C)OC(=O)N[C@@H]1CCc2c(cccc2C(=O)O)C1. The van der Waals surface area contributed by atoms with Crippen LogP contribution in [0.4, 0.5) is 4.79 Å². The van der Waals surface area contributed by atoms with E-state index >= 15 is 0 Å². The molecule has 1 amide bonds. The van der Waals surface area contributed by atoms with Crippen molar-refractivity contribution < 1.29 is 19.4 Å². The van der Waals surface area contributed by atoms with Gasteiger partial charge in [0.1, 0.15) is 5.60 Å². The Morgan fingerprint density at radius 1 is 1.33 bits per heavy atom. The van der Waals surface area contributed by atoms with Gasteiger partial charge in [-0.1, -0.05) is 12.1 Å². The van der Waals surface area contributed by atoms with Gasteiger partial charge in [-0.05, 0) is 57.2 Å². The van der Waals surface area contributed by atoms with Gasteiger partial charge in [0.25, 0.3) is 0 Å². The summed E-state index contributed by atoms with van der Waals surface area (Å²) in [6, 6.07) is 5.28. The van der Waals surface area contributed by atoms with E-state index in [4.69, 9.17) is 4.74 Å². The van der Waals surface area contributed by atoms with Gasteiger partial charge in [0.15, 0.2) is 0 Å². The van der Waals surface area contributed by atoms with Gasteiger partial charge in [-0.3, -0.25) is 0 Å². The third-order valence-electron chi connectivity index (χ3n) is 3.43. The Morgan fingerprint density at radius 3 is 2.67 bits per heavy atom. The van der Waals surface area contributed by atoms with Crippen LogP contribution < -0.4 is 5.32 Å². The van der Waals surface area contributed by atoms with E-state index in [0.717, 1.165) is 17.5 Å². The van der Waals surface area contributed by atoms with E-state index in [0.29, 0.717) is 18.4 Å². The highest BCUT2D eigenvalue weighted by Gasteiger charge is 2.25. The highest BCUT2D eigenvalue weighted by Crippen LogP contribution is 2.25. The molecule has 0 fully saturated rings. The smallest absolute Gasteiger partial charge is 0.407 e. The highest BCUT2D eigenvalue weighted by molar-refractivity contribution is 5.90. The first-order chi connectivity index (χ1) is 9.76. The Balaban J connectivity index is 2.05. The minimum absolute atomic E-state index is 0.0172. The number of aromatic carboxylic acids is 1. The maximum absolute atomic E-state index is 11.8. The third-order valence-corrected chi connectivity index (χ3v) is 3.43. The van der Waals surface area contributed by atoms with E-state index in [1.54, 1.807) is 12.1 Å². The number of benzene rings is 1. The van der Waals surface area contributed by atoms with Crippen LogP contribution in [0.25, 0.3) is 0 Å². The summed E-state index contributed by atoms with van der Waals surface area (Å²) >= 11 is 0. The van der Waals surface area contributed by atoms with Crippen LogP contribution in [0.3, 0.4) is 0 Å². The molecule has 1 atom stereocenters. The zero-order valence-electron chi connectivity index (χ0n) is 12.6. The predicted molar refractivity (Wildman–Crippen MR) is 78.6 cm³/mol. The number of carbonyl (C=O) groups excluding carboxylic acids is 1. The van der Waals surface area contributed by atoms with Crippen molar-refractivity contribution in [2.24, 2.45) is 0 Å². The number of ether oxygens (including phenoxy) is 1. The average Bonchev–Trinajstić information content (AvgIpc) is 2.35. The number of amides is 1. The van der Waals surface area contributed by atoms with Crippen LogP contribution in [0.5, 0.6) is 0 Å². The molecular formula is C16H21NO4. The molecule has 0 heterocycles. The van der Waals surface area contributed by atoms with Crippen LogP contribution in [0.2, 0.25) is 0 Å². The number of nitrogens with one attached hydrogen (secondary N) is 1. The van der Waals surface area contributed by atoms with Gasteiger partial charge in [-0.25, -0.2) is 9.59 Å². The molecular weight excluding hydrogens is 270 g/mol. The van der Waals surface area contributed by atoms with E-state index in [1.165, 1.54) is 0 Å². The van der Waals surface area contributed by atoms with Gasteiger partial charge >= 0.3 is 12.1 Å². The van der Waals surface area contributed by atoms with E-state index in [-0.39, 0.29) is 6.04 Å². The van der Waals surface area contributed by atoms with E-state index in [9.17, 15) is 14.7 Å². The molecule has 0 saturated heterocycles. The number of hydrogen-bond acceptors (Lipinski definition) is 3. The second-order valence-corrected chi connectivity index (χ2v) is 6.33. The molecule has 0 saturated carbocycles. The normalized spacial score (nSPS) is 17.8. The zero-order chi connectivity index (χ0) is 15.6. The summed E-state index contributed by atoms with van der Waals surface area (Å²) in [7, 11) is 0. The fourth-order valence-electron chi connectivity index (χ4n) is 2.60. The monoisotopic (exact) mass is 291 g/mol. The molecule has 5 heteroatoms. The summed E-state index contributed by atoms with van der Waals surface area (Å²) in [6.45, 7) is 5.46. The minimum Gasteiger partial charge on any atom is -0.478 e. The Labute approximate surface area is 124 Å². The van der Waals surface area contributed by atoms with Gasteiger partial charge in [-0.15, -0.1) is 0 Å². The first-order valence-corrected chi connectivity index (χ1v) is 7.10.